The number of benzene rings is 2. The van der Waals surface area contributed by atoms with Crippen LogP contribution in [0, 0.1) is 0 Å². The molecular formula is C26H20ClN3O4S. The third-order valence-electron chi connectivity index (χ3n) is 5.83. The van der Waals surface area contributed by atoms with E-state index in [1.165, 1.54) is 12.1 Å². The molecule has 1 fully saturated rings. The molecule has 0 aliphatic carbocycles. The van der Waals surface area contributed by atoms with Gasteiger partial charge in [0.25, 0.3) is 0 Å². The largest absolute Gasteiger partial charge is 0.497 e. The highest BCUT2D eigenvalue weighted by atomic mass is 35.5. The van der Waals surface area contributed by atoms with Gasteiger partial charge in [0.2, 0.25) is 0 Å². The Morgan fingerprint density at radius 2 is 2.00 bits per heavy atom. The summed E-state index contributed by atoms with van der Waals surface area (Å²) in [6.45, 7) is 0. The molecule has 1 aliphatic heterocycles. The molecule has 3 heterocycles. The Labute approximate surface area is 211 Å². The van der Waals surface area contributed by atoms with Crippen molar-refractivity contribution in [1.82, 2.24) is 10.3 Å². The van der Waals surface area contributed by atoms with Crippen LogP contribution in [0.4, 0.5) is 5.69 Å². The van der Waals surface area contributed by atoms with E-state index in [-0.39, 0.29) is 17.6 Å². The summed E-state index contributed by atoms with van der Waals surface area (Å²) in [4.78, 5) is 18.0. The Morgan fingerprint density at radius 1 is 1.14 bits per heavy atom. The van der Waals surface area contributed by atoms with Crippen LogP contribution in [-0.2, 0) is 0 Å². The number of nitrogens with one attached hydrogen (secondary N) is 1. The molecule has 0 saturated carbocycles. The molecule has 0 spiro atoms. The quantitative estimate of drug-likeness (QED) is 0.314. The minimum atomic E-state index is -1.04. The molecule has 1 saturated heterocycles. The predicted molar refractivity (Wildman–Crippen MR) is 137 cm³/mol. The number of anilines is 1. The molecule has 2 atom stereocenters. The molecule has 9 heteroatoms. The molecule has 7 nitrogen and oxygen atoms in total. The van der Waals surface area contributed by atoms with Crippen molar-refractivity contribution in [2.75, 3.05) is 12.0 Å². The summed E-state index contributed by atoms with van der Waals surface area (Å²) < 4.78 is 11.7. The van der Waals surface area contributed by atoms with Crippen LogP contribution < -0.4 is 15.0 Å². The lowest BCUT2D eigenvalue weighted by Gasteiger charge is -2.26. The highest BCUT2D eigenvalue weighted by Crippen LogP contribution is 2.44. The maximum absolute atomic E-state index is 11.5. The molecule has 1 aliphatic rings. The molecule has 5 rings (SSSR count). The number of halogens is 1. The average Bonchev–Trinajstić information content (AvgIpc) is 3.49. The van der Waals surface area contributed by atoms with Crippen LogP contribution in [0.25, 0.3) is 11.3 Å². The van der Waals surface area contributed by atoms with Crippen molar-refractivity contribution in [3.63, 3.8) is 0 Å². The Bertz CT molecular complexity index is 1410. The number of methoxy groups -OCH3 is 1. The van der Waals surface area contributed by atoms with E-state index in [4.69, 9.17) is 33.0 Å². The second kappa shape index (κ2) is 9.40. The van der Waals surface area contributed by atoms with Gasteiger partial charge in [-0.3, -0.25) is 4.98 Å². The number of carbonyl (C=O) groups is 1. The molecule has 2 aromatic heterocycles. The van der Waals surface area contributed by atoms with Crippen molar-refractivity contribution < 1.29 is 19.1 Å². The molecule has 2 unspecified atom stereocenters. The maximum atomic E-state index is 11.5. The third kappa shape index (κ3) is 4.34. The van der Waals surface area contributed by atoms with E-state index in [0.717, 1.165) is 11.4 Å². The number of hydrogen-bond acceptors (Lipinski definition) is 5. The summed E-state index contributed by atoms with van der Waals surface area (Å²) in [5.74, 6) is 0.723. The van der Waals surface area contributed by atoms with Gasteiger partial charge in [0.1, 0.15) is 23.3 Å². The number of pyridine rings is 1. The zero-order chi connectivity index (χ0) is 24.5. The van der Waals surface area contributed by atoms with Gasteiger partial charge >= 0.3 is 5.97 Å². The maximum Gasteiger partial charge on any atom is 0.335 e. The first kappa shape index (κ1) is 22.9. The number of carboxylic acid groups (broad SMARTS) is 1. The Kier molecular flexibility index (Phi) is 6.15. The molecule has 2 aromatic carbocycles. The van der Waals surface area contributed by atoms with Crippen LogP contribution in [0.3, 0.4) is 0 Å². The van der Waals surface area contributed by atoms with Gasteiger partial charge in [0, 0.05) is 23.5 Å². The van der Waals surface area contributed by atoms with Gasteiger partial charge in [0.15, 0.2) is 5.11 Å². The number of aromatic nitrogens is 1. The minimum absolute atomic E-state index is 0.121. The summed E-state index contributed by atoms with van der Waals surface area (Å²) in [5, 5.41) is 13.7. The first-order valence-electron chi connectivity index (χ1n) is 10.7. The molecule has 0 radical (unpaired) electrons. The number of nitrogens with zero attached hydrogens (tertiary/aromatic N) is 2. The summed E-state index contributed by atoms with van der Waals surface area (Å²) in [6, 6.07) is 20.8. The molecule has 4 aromatic rings. The third-order valence-corrected chi connectivity index (χ3v) is 6.47. The van der Waals surface area contributed by atoms with Crippen LogP contribution in [0.1, 0.15) is 33.9 Å². The highest BCUT2D eigenvalue weighted by molar-refractivity contribution is 7.80. The smallest absolute Gasteiger partial charge is 0.335 e. The van der Waals surface area contributed by atoms with Gasteiger partial charge in [-0.05, 0) is 66.8 Å². The van der Waals surface area contributed by atoms with Crippen LogP contribution in [0.5, 0.6) is 5.75 Å². The number of furan rings is 1. The van der Waals surface area contributed by atoms with E-state index >= 15 is 0 Å². The monoisotopic (exact) mass is 505 g/mol. The Morgan fingerprint density at radius 3 is 2.74 bits per heavy atom. The molecule has 0 bridgehead atoms. The predicted octanol–water partition coefficient (Wildman–Crippen LogP) is 5.88. The highest BCUT2D eigenvalue weighted by Gasteiger charge is 2.42. The van der Waals surface area contributed by atoms with Crippen molar-refractivity contribution in [1.29, 1.82) is 0 Å². The lowest BCUT2D eigenvalue weighted by Crippen LogP contribution is -2.29. The van der Waals surface area contributed by atoms with Gasteiger partial charge in [-0.1, -0.05) is 23.7 Å². The van der Waals surface area contributed by atoms with Gasteiger partial charge < -0.3 is 24.5 Å². The summed E-state index contributed by atoms with van der Waals surface area (Å²) >= 11 is 12.1. The van der Waals surface area contributed by atoms with Crippen LogP contribution in [0.2, 0.25) is 5.02 Å². The molecule has 0 amide bonds. The number of rotatable bonds is 6. The van der Waals surface area contributed by atoms with Gasteiger partial charge in [-0.2, -0.15) is 0 Å². The second-order valence-corrected chi connectivity index (χ2v) is 8.69. The van der Waals surface area contributed by atoms with Crippen LogP contribution >= 0.6 is 23.8 Å². The van der Waals surface area contributed by atoms with Gasteiger partial charge in [-0.25, -0.2) is 4.79 Å². The van der Waals surface area contributed by atoms with E-state index in [2.05, 4.69) is 10.3 Å². The lowest BCUT2D eigenvalue weighted by atomic mass is 10.0. The Hall–Kier alpha value is -3.88. The average molecular weight is 506 g/mol. The minimum Gasteiger partial charge on any atom is -0.497 e. The number of carboxylic acids is 1. The summed E-state index contributed by atoms with van der Waals surface area (Å²) in [7, 11) is 1.61. The summed E-state index contributed by atoms with van der Waals surface area (Å²) in [5.41, 5.74) is 2.24. The number of hydrogen-bond donors (Lipinski definition) is 2. The SMILES string of the molecule is COc1cccc(N2C(=S)NC(c3ccccn3)C2c2ccc(-c3cc(C(=O)O)ccc3Cl)o2)c1. The lowest BCUT2D eigenvalue weighted by molar-refractivity contribution is 0.0697. The van der Waals surface area contributed by atoms with E-state index in [1.54, 1.807) is 25.4 Å². The van der Waals surface area contributed by atoms with Crippen molar-refractivity contribution >= 4 is 40.6 Å². The fraction of sp³-hybridized carbons (Fsp3) is 0.115. The topological polar surface area (TPSA) is 87.8 Å². The van der Waals surface area contributed by atoms with Crippen LogP contribution in [-0.4, -0.2) is 28.3 Å². The van der Waals surface area contributed by atoms with Crippen molar-refractivity contribution in [2.45, 2.75) is 12.1 Å². The fourth-order valence-corrected chi connectivity index (χ4v) is 4.74. The molecular weight excluding hydrogens is 486 g/mol. The van der Waals surface area contributed by atoms with E-state index in [1.807, 2.05) is 53.4 Å². The number of ether oxygens (including phenoxy) is 1. The number of aromatic carboxylic acids is 1. The van der Waals surface area contributed by atoms with Crippen molar-refractivity contribution in [3.05, 3.63) is 101 Å². The second-order valence-electron chi connectivity index (χ2n) is 7.90. The summed E-state index contributed by atoms with van der Waals surface area (Å²) in [6.07, 6.45) is 1.73. The van der Waals surface area contributed by atoms with Crippen LogP contribution in [0.15, 0.2) is 83.4 Å². The number of thiocarbonyl (C=S) groups is 1. The van der Waals surface area contributed by atoms with Gasteiger partial charge in [-0.15, -0.1) is 0 Å². The molecule has 35 heavy (non-hydrogen) atoms. The van der Waals surface area contributed by atoms with E-state index in [9.17, 15) is 9.90 Å². The zero-order valence-corrected chi connectivity index (χ0v) is 20.1. The van der Waals surface area contributed by atoms with Gasteiger partial charge in [0.05, 0.1) is 29.4 Å². The first-order chi connectivity index (χ1) is 17.0. The molecule has 2 N–H and O–H groups in total. The Balaban J connectivity index is 1.61. The standard InChI is InChI=1S/C26H20ClN3O4S/c1-33-17-6-4-5-16(14-17)30-24(23(29-26(30)35)20-7-2-3-12-28-20)22-11-10-21(34-22)18-13-15(25(31)32)8-9-19(18)27/h2-14,23-24H,1H3,(H,29,35)(H,31,32). The van der Waals surface area contributed by atoms with E-state index < -0.39 is 5.97 Å². The first-order valence-corrected chi connectivity index (χ1v) is 11.5. The normalized spacial score (nSPS) is 17.3. The van der Waals surface area contributed by atoms with Crippen molar-refractivity contribution in [2.24, 2.45) is 0 Å². The fourth-order valence-electron chi connectivity index (χ4n) is 4.19. The van der Waals surface area contributed by atoms with Crippen molar-refractivity contribution in [3.8, 4) is 17.1 Å². The zero-order valence-electron chi connectivity index (χ0n) is 18.5. The van der Waals surface area contributed by atoms with E-state index in [0.29, 0.717) is 33.0 Å². The molecule has 176 valence electrons.